The zero-order chi connectivity index (χ0) is 14.5. The van der Waals surface area contributed by atoms with E-state index in [1.54, 1.807) is 0 Å². The van der Waals surface area contributed by atoms with Gasteiger partial charge >= 0.3 is 0 Å². The van der Waals surface area contributed by atoms with Crippen molar-refractivity contribution in [3.63, 3.8) is 0 Å². The van der Waals surface area contributed by atoms with E-state index >= 15 is 0 Å². The molecule has 0 aliphatic carbocycles. The molecule has 1 aromatic carbocycles. The number of halogens is 1. The summed E-state index contributed by atoms with van der Waals surface area (Å²) in [5.74, 6) is 0. The number of aryl methyl sites for hydroxylation is 2. The number of likely N-dealkylation sites (N-methyl/N-ethyl adjacent to an activating group) is 1. The molecule has 0 amide bonds. The van der Waals surface area contributed by atoms with Gasteiger partial charge < -0.3 is 5.32 Å². The first-order valence-corrected chi connectivity index (χ1v) is 7.94. The van der Waals surface area contributed by atoms with Gasteiger partial charge in [-0.3, -0.25) is 4.68 Å². The van der Waals surface area contributed by atoms with E-state index in [-0.39, 0.29) is 6.04 Å². The normalized spacial score (nSPS) is 12.6. The molecule has 4 heteroatoms. The van der Waals surface area contributed by atoms with Gasteiger partial charge in [0, 0.05) is 11.5 Å². The second-order valence-electron chi connectivity index (χ2n) is 4.94. The van der Waals surface area contributed by atoms with E-state index in [1.165, 1.54) is 15.7 Å². The highest BCUT2D eigenvalue weighted by Crippen LogP contribution is 2.24. The lowest BCUT2D eigenvalue weighted by atomic mass is 10.0. The van der Waals surface area contributed by atoms with Gasteiger partial charge in [-0.2, -0.15) is 5.10 Å². The van der Waals surface area contributed by atoms with E-state index in [4.69, 9.17) is 0 Å². The molecule has 1 N–H and O–H groups in total. The molecule has 0 radical (unpaired) electrons. The van der Waals surface area contributed by atoms with Crippen molar-refractivity contribution < 1.29 is 0 Å². The summed E-state index contributed by atoms with van der Waals surface area (Å²) in [5, 5.41) is 8.13. The average molecular weight is 336 g/mol. The van der Waals surface area contributed by atoms with Crippen molar-refractivity contribution in [1.82, 2.24) is 15.1 Å². The summed E-state index contributed by atoms with van der Waals surface area (Å²) in [6, 6.07) is 10.9. The molecule has 108 valence electrons. The topological polar surface area (TPSA) is 29.9 Å². The fourth-order valence-electron chi connectivity index (χ4n) is 2.45. The van der Waals surface area contributed by atoms with E-state index in [9.17, 15) is 0 Å². The number of aromatic nitrogens is 2. The highest BCUT2D eigenvalue weighted by Gasteiger charge is 2.17. The van der Waals surface area contributed by atoms with Gasteiger partial charge in [-0.15, -0.1) is 0 Å². The zero-order valence-electron chi connectivity index (χ0n) is 12.4. The summed E-state index contributed by atoms with van der Waals surface area (Å²) >= 11 is 3.64. The van der Waals surface area contributed by atoms with Crippen molar-refractivity contribution in [3.05, 3.63) is 51.8 Å². The molecule has 0 saturated heterocycles. The molecule has 2 rings (SSSR count). The smallest absolute Gasteiger partial charge is 0.0625 e. The Labute approximate surface area is 129 Å². The van der Waals surface area contributed by atoms with Crippen LogP contribution in [0.15, 0.2) is 34.8 Å². The summed E-state index contributed by atoms with van der Waals surface area (Å²) in [6.07, 6.45) is 1.93. The van der Waals surface area contributed by atoms with Gasteiger partial charge in [0.2, 0.25) is 0 Å². The first kappa shape index (κ1) is 15.3. The fraction of sp³-hybridized carbons (Fsp3) is 0.438. The highest BCUT2D eigenvalue weighted by atomic mass is 79.9. The minimum absolute atomic E-state index is 0.288. The standard InChI is InChI=1S/C16H22BrN3/c1-4-13-11-16(20(3)19-13)15(18-5-2)10-12-8-6-7-9-14(12)17/h6-9,11,15,18H,4-5,10H2,1-3H3. The van der Waals surface area contributed by atoms with Crippen molar-refractivity contribution in [2.75, 3.05) is 6.54 Å². The Morgan fingerprint density at radius 3 is 2.65 bits per heavy atom. The lowest BCUT2D eigenvalue weighted by Crippen LogP contribution is -2.25. The molecule has 1 aromatic heterocycles. The number of benzene rings is 1. The van der Waals surface area contributed by atoms with Gasteiger partial charge in [0.15, 0.2) is 0 Å². The van der Waals surface area contributed by atoms with E-state index < -0.39 is 0 Å². The average Bonchev–Trinajstić information content (AvgIpc) is 2.82. The number of nitrogens with one attached hydrogen (secondary N) is 1. The van der Waals surface area contributed by atoms with Crippen molar-refractivity contribution in [1.29, 1.82) is 0 Å². The van der Waals surface area contributed by atoms with Crippen LogP contribution in [0.3, 0.4) is 0 Å². The van der Waals surface area contributed by atoms with Crippen LogP contribution in [0.4, 0.5) is 0 Å². The number of hydrogen-bond acceptors (Lipinski definition) is 2. The molecule has 20 heavy (non-hydrogen) atoms. The molecule has 1 unspecified atom stereocenters. The third-order valence-electron chi connectivity index (χ3n) is 3.52. The van der Waals surface area contributed by atoms with Crippen LogP contribution in [0.1, 0.15) is 36.8 Å². The van der Waals surface area contributed by atoms with Crippen LogP contribution < -0.4 is 5.32 Å². The maximum Gasteiger partial charge on any atom is 0.0625 e. The first-order valence-electron chi connectivity index (χ1n) is 7.15. The lowest BCUT2D eigenvalue weighted by Gasteiger charge is -2.19. The largest absolute Gasteiger partial charge is 0.309 e. The predicted molar refractivity (Wildman–Crippen MR) is 86.8 cm³/mol. The number of nitrogens with zero attached hydrogens (tertiary/aromatic N) is 2. The Morgan fingerprint density at radius 2 is 2.05 bits per heavy atom. The quantitative estimate of drug-likeness (QED) is 0.873. The summed E-state index contributed by atoms with van der Waals surface area (Å²) < 4.78 is 3.17. The van der Waals surface area contributed by atoms with Gasteiger partial charge in [-0.1, -0.05) is 48.0 Å². The molecule has 0 aliphatic rings. The molecule has 1 heterocycles. The second kappa shape index (κ2) is 7.04. The third kappa shape index (κ3) is 3.49. The molecule has 1 atom stereocenters. The summed E-state index contributed by atoms with van der Waals surface area (Å²) in [6.45, 7) is 5.23. The number of rotatable bonds is 6. The molecule has 0 bridgehead atoms. The SMILES string of the molecule is CCNC(Cc1ccccc1Br)c1cc(CC)nn1C. The molecule has 0 spiro atoms. The predicted octanol–water partition coefficient (Wildman–Crippen LogP) is 3.64. The molecule has 2 aromatic rings. The summed E-state index contributed by atoms with van der Waals surface area (Å²) in [5.41, 5.74) is 3.72. The minimum Gasteiger partial charge on any atom is -0.309 e. The zero-order valence-corrected chi connectivity index (χ0v) is 13.9. The van der Waals surface area contributed by atoms with Gasteiger partial charge in [0.25, 0.3) is 0 Å². The fourth-order valence-corrected chi connectivity index (χ4v) is 2.90. The molecular weight excluding hydrogens is 314 g/mol. The Bertz CT molecular complexity index is 563. The van der Waals surface area contributed by atoms with Crippen LogP contribution in [-0.4, -0.2) is 16.3 Å². The van der Waals surface area contributed by atoms with Crippen molar-refractivity contribution >= 4 is 15.9 Å². The first-order chi connectivity index (χ1) is 9.65. The van der Waals surface area contributed by atoms with Crippen LogP contribution in [-0.2, 0) is 19.9 Å². The van der Waals surface area contributed by atoms with Crippen molar-refractivity contribution in [3.8, 4) is 0 Å². The van der Waals surface area contributed by atoms with Crippen LogP contribution in [0.25, 0.3) is 0 Å². The van der Waals surface area contributed by atoms with E-state index in [2.05, 4.69) is 70.5 Å². The highest BCUT2D eigenvalue weighted by molar-refractivity contribution is 9.10. The lowest BCUT2D eigenvalue weighted by molar-refractivity contribution is 0.507. The van der Waals surface area contributed by atoms with Crippen molar-refractivity contribution in [2.45, 2.75) is 32.7 Å². The minimum atomic E-state index is 0.288. The monoisotopic (exact) mass is 335 g/mol. The molecule has 0 aliphatic heterocycles. The van der Waals surface area contributed by atoms with Crippen LogP contribution in [0.5, 0.6) is 0 Å². The summed E-state index contributed by atoms with van der Waals surface area (Å²) in [4.78, 5) is 0. The van der Waals surface area contributed by atoms with Crippen molar-refractivity contribution in [2.24, 2.45) is 7.05 Å². The maximum absolute atomic E-state index is 4.56. The van der Waals surface area contributed by atoms with Crippen LogP contribution in [0, 0.1) is 0 Å². The molecular formula is C16H22BrN3. The second-order valence-corrected chi connectivity index (χ2v) is 5.80. The van der Waals surface area contributed by atoms with Gasteiger partial charge in [0.05, 0.1) is 17.4 Å². The van der Waals surface area contributed by atoms with Crippen LogP contribution >= 0.6 is 15.9 Å². The Balaban J connectivity index is 2.26. The van der Waals surface area contributed by atoms with E-state index in [1.807, 2.05) is 11.7 Å². The van der Waals surface area contributed by atoms with E-state index in [0.29, 0.717) is 0 Å². The molecule has 3 nitrogen and oxygen atoms in total. The van der Waals surface area contributed by atoms with Gasteiger partial charge in [-0.05, 0) is 37.1 Å². The Hall–Kier alpha value is -1.13. The van der Waals surface area contributed by atoms with Gasteiger partial charge in [0.1, 0.15) is 0 Å². The number of hydrogen-bond donors (Lipinski definition) is 1. The summed E-state index contributed by atoms with van der Waals surface area (Å²) in [7, 11) is 2.03. The third-order valence-corrected chi connectivity index (χ3v) is 4.29. The Morgan fingerprint density at radius 1 is 1.30 bits per heavy atom. The van der Waals surface area contributed by atoms with Gasteiger partial charge in [-0.25, -0.2) is 0 Å². The molecule has 0 fully saturated rings. The maximum atomic E-state index is 4.56. The Kier molecular flexibility index (Phi) is 5.38. The van der Waals surface area contributed by atoms with Crippen LogP contribution in [0.2, 0.25) is 0 Å². The molecule has 0 saturated carbocycles. The van der Waals surface area contributed by atoms with E-state index in [0.717, 1.165) is 25.1 Å².